The molecule has 2 nitrogen and oxygen atoms in total. The largest absolute Gasteiger partial charge is 0.493 e. The molecule has 0 aliphatic heterocycles. The van der Waals surface area contributed by atoms with Gasteiger partial charge in [0, 0.05) is 32.9 Å². The Balaban J connectivity index is 0.00000169. The zero-order valence-electron chi connectivity index (χ0n) is 8.87. The van der Waals surface area contributed by atoms with Crippen molar-refractivity contribution < 1.29 is 9.30 Å². The summed E-state index contributed by atoms with van der Waals surface area (Å²) < 4.78 is 7.52. The van der Waals surface area contributed by atoms with E-state index >= 15 is 0 Å². The molecule has 0 unspecified atom stereocenters. The van der Waals surface area contributed by atoms with Crippen LogP contribution in [0, 0.1) is 0 Å². The van der Waals surface area contributed by atoms with Gasteiger partial charge in [0.25, 0.3) is 0 Å². The molecule has 0 aliphatic carbocycles. The molecule has 0 N–H and O–H groups in total. The zero-order chi connectivity index (χ0) is 9.90. The lowest BCUT2D eigenvalue weighted by Gasteiger charge is -2.12. The van der Waals surface area contributed by atoms with E-state index in [1.54, 1.807) is 0 Å². The first kappa shape index (κ1) is 12.9. The fourth-order valence-electron chi connectivity index (χ4n) is 1.12. The van der Waals surface area contributed by atoms with Crippen molar-refractivity contribution in [1.82, 2.24) is 0 Å². The summed E-state index contributed by atoms with van der Waals surface area (Å²) in [5.74, 6) is 0.933. The second-order valence-corrected chi connectivity index (χ2v) is 4.04. The van der Waals surface area contributed by atoms with Gasteiger partial charge in [-0.1, -0.05) is 7.43 Å². The Kier molecular flexibility index (Phi) is 4.61. The van der Waals surface area contributed by atoms with Crippen LogP contribution in [0.15, 0.2) is 24.5 Å². The van der Waals surface area contributed by atoms with Crippen molar-refractivity contribution in [2.75, 3.05) is 6.61 Å². The highest BCUT2D eigenvalue weighted by atomic mass is 16.5. The van der Waals surface area contributed by atoms with E-state index in [2.05, 4.69) is 25.3 Å². The van der Waals surface area contributed by atoms with Gasteiger partial charge in [-0.2, -0.15) is 0 Å². The summed E-state index contributed by atoms with van der Waals surface area (Å²) in [6.45, 7) is 9.23. The van der Waals surface area contributed by atoms with Crippen LogP contribution in [0.2, 0.25) is 0 Å². The van der Waals surface area contributed by atoms with Crippen molar-refractivity contribution in [3.8, 4) is 5.75 Å². The van der Waals surface area contributed by atoms with Crippen molar-refractivity contribution in [1.29, 1.82) is 0 Å². The quantitative estimate of drug-likeness (QED) is 0.663. The zero-order valence-corrected chi connectivity index (χ0v) is 8.87. The van der Waals surface area contributed by atoms with Crippen LogP contribution in [-0.4, -0.2) is 6.61 Å². The van der Waals surface area contributed by atoms with E-state index in [-0.39, 0.29) is 13.0 Å². The first-order valence-electron chi connectivity index (χ1n) is 4.68. The second-order valence-electron chi connectivity index (χ2n) is 4.04. The molecule has 1 rings (SSSR count). The van der Waals surface area contributed by atoms with E-state index in [0.717, 1.165) is 12.4 Å². The fraction of sp³-hybridized carbons (Fsp3) is 0.583. The van der Waals surface area contributed by atoms with Gasteiger partial charge in [0.2, 0.25) is 0 Å². The Labute approximate surface area is 87.5 Å². The van der Waals surface area contributed by atoms with Gasteiger partial charge in [-0.25, -0.2) is 4.57 Å². The molecule has 14 heavy (non-hydrogen) atoms. The smallest absolute Gasteiger partial charge is 0.172 e. The Morgan fingerprint density at radius 3 is 2.07 bits per heavy atom. The van der Waals surface area contributed by atoms with Crippen molar-refractivity contribution in [3.05, 3.63) is 24.5 Å². The SMILES string of the molecule is C.CCOc1cc[n+](C(C)(C)C)cc1. The van der Waals surface area contributed by atoms with Crippen LogP contribution in [0.5, 0.6) is 5.75 Å². The fourth-order valence-corrected chi connectivity index (χ4v) is 1.12. The Bertz CT molecular complexity index is 259. The maximum Gasteiger partial charge on any atom is 0.172 e. The molecule has 0 radical (unpaired) electrons. The van der Waals surface area contributed by atoms with Crippen LogP contribution in [0.25, 0.3) is 0 Å². The van der Waals surface area contributed by atoms with Crippen LogP contribution in [-0.2, 0) is 5.54 Å². The summed E-state index contributed by atoms with van der Waals surface area (Å²) in [5.41, 5.74) is 0.144. The molecular formula is C12H22NO+. The Morgan fingerprint density at radius 1 is 1.21 bits per heavy atom. The van der Waals surface area contributed by atoms with Crippen LogP contribution in [0.1, 0.15) is 35.1 Å². The lowest BCUT2D eigenvalue weighted by molar-refractivity contribution is -0.754. The molecule has 80 valence electrons. The molecule has 1 aromatic heterocycles. The predicted molar refractivity (Wildman–Crippen MR) is 59.5 cm³/mol. The molecule has 0 atom stereocenters. The van der Waals surface area contributed by atoms with Crippen LogP contribution in [0.4, 0.5) is 0 Å². The first-order valence-corrected chi connectivity index (χ1v) is 4.68. The lowest BCUT2D eigenvalue weighted by atomic mass is 10.1. The van der Waals surface area contributed by atoms with Crippen molar-refractivity contribution in [2.24, 2.45) is 0 Å². The van der Waals surface area contributed by atoms with Crippen LogP contribution in [0.3, 0.4) is 0 Å². The topological polar surface area (TPSA) is 13.1 Å². The molecule has 0 spiro atoms. The number of hydrogen-bond acceptors (Lipinski definition) is 1. The van der Waals surface area contributed by atoms with Gasteiger partial charge < -0.3 is 4.74 Å². The standard InChI is InChI=1S/C11H18NO.CH4/c1-5-13-10-6-8-12(9-7-10)11(2,3)4;/h6-9H,5H2,1-4H3;1H4/q+1;. The second kappa shape index (κ2) is 4.99. The minimum Gasteiger partial charge on any atom is -0.493 e. The van der Waals surface area contributed by atoms with E-state index in [9.17, 15) is 0 Å². The average molecular weight is 196 g/mol. The molecule has 1 aromatic rings. The van der Waals surface area contributed by atoms with Crippen LogP contribution >= 0.6 is 0 Å². The van der Waals surface area contributed by atoms with Gasteiger partial charge in [-0.05, 0) is 6.92 Å². The summed E-state index contributed by atoms with van der Waals surface area (Å²) in [6, 6.07) is 3.99. The molecule has 1 heterocycles. The van der Waals surface area contributed by atoms with Gasteiger partial charge >= 0.3 is 0 Å². The highest BCUT2D eigenvalue weighted by molar-refractivity contribution is 5.14. The highest BCUT2D eigenvalue weighted by Crippen LogP contribution is 2.09. The molecule has 0 aliphatic rings. The highest BCUT2D eigenvalue weighted by Gasteiger charge is 2.20. The summed E-state index contributed by atoms with van der Waals surface area (Å²) in [6.07, 6.45) is 4.09. The number of nitrogens with zero attached hydrogens (tertiary/aromatic N) is 1. The molecular weight excluding hydrogens is 174 g/mol. The third-order valence-corrected chi connectivity index (χ3v) is 1.88. The number of pyridine rings is 1. The molecule has 0 amide bonds. The van der Waals surface area contributed by atoms with Crippen molar-refractivity contribution in [2.45, 2.75) is 40.7 Å². The predicted octanol–water partition coefficient (Wildman–Crippen LogP) is 2.76. The van der Waals surface area contributed by atoms with Crippen molar-refractivity contribution in [3.63, 3.8) is 0 Å². The van der Waals surface area contributed by atoms with Crippen molar-refractivity contribution >= 4 is 0 Å². The number of rotatable bonds is 2. The van der Waals surface area contributed by atoms with E-state index in [0.29, 0.717) is 0 Å². The normalized spacial score (nSPS) is 10.6. The number of ether oxygens (including phenoxy) is 1. The third kappa shape index (κ3) is 3.36. The van der Waals surface area contributed by atoms with E-state index < -0.39 is 0 Å². The van der Waals surface area contributed by atoms with E-state index in [1.165, 1.54) is 0 Å². The monoisotopic (exact) mass is 196 g/mol. The summed E-state index contributed by atoms with van der Waals surface area (Å²) in [4.78, 5) is 0. The lowest BCUT2D eigenvalue weighted by Crippen LogP contribution is -2.49. The molecule has 0 saturated carbocycles. The minimum absolute atomic E-state index is 0. The summed E-state index contributed by atoms with van der Waals surface area (Å²) in [7, 11) is 0. The number of aromatic nitrogens is 1. The summed E-state index contributed by atoms with van der Waals surface area (Å²) in [5, 5.41) is 0. The van der Waals surface area contributed by atoms with Gasteiger partial charge in [0.05, 0.1) is 6.61 Å². The molecule has 0 fully saturated rings. The maximum absolute atomic E-state index is 5.36. The van der Waals surface area contributed by atoms with Crippen LogP contribution < -0.4 is 9.30 Å². The molecule has 0 bridgehead atoms. The minimum atomic E-state index is 0. The Hall–Kier alpha value is -1.05. The average Bonchev–Trinajstić information content (AvgIpc) is 2.04. The Morgan fingerprint density at radius 2 is 1.71 bits per heavy atom. The first-order chi connectivity index (χ1) is 6.04. The summed E-state index contributed by atoms with van der Waals surface area (Å²) >= 11 is 0. The molecule has 0 saturated heterocycles. The van der Waals surface area contributed by atoms with Gasteiger partial charge in [0.15, 0.2) is 17.9 Å². The molecule has 2 heteroatoms. The molecule has 0 aromatic carbocycles. The third-order valence-electron chi connectivity index (χ3n) is 1.88. The van der Waals surface area contributed by atoms with E-state index in [1.807, 2.05) is 31.5 Å². The van der Waals surface area contributed by atoms with E-state index in [4.69, 9.17) is 4.74 Å². The van der Waals surface area contributed by atoms with Gasteiger partial charge in [-0.15, -0.1) is 0 Å². The van der Waals surface area contributed by atoms with Gasteiger partial charge in [0.1, 0.15) is 5.75 Å². The maximum atomic E-state index is 5.36. The van der Waals surface area contributed by atoms with Gasteiger partial charge in [-0.3, -0.25) is 0 Å². The number of hydrogen-bond donors (Lipinski definition) is 0.